The third-order valence-electron chi connectivity index (χ3n) is 0.208. The highest BCUT2D eigenvalue weighted by molar-refractivity contribution is 3.10. The normalized spacial score (nSPS) is 30.0. The number of hydrogen-bond donors (Lipinski definition) is 2. The average molecular weight is 80.0 g/mol. The molecule has 0 radical (unpaired) electrons. The Morgan fingerprint density at radius 2 is 1.40 bits per heavy atom. The predicted molar refractivity (Wildman–Crippen MR) is 6.00 cm³/mol. The summed E-state index contributed by atoms with van der Waals surface area (Å²) in [4.78, 5) is 6.89. The van der Waals surface area contributed by atoms with E-state index in [1.165, 1.54) is 0 Å². The number of rotatable bonds is 0. The third-order valence-corrected chi connectivity index (χ3v) is 0.208. The summed E-state index contributed by atoms with van der Waals surface area (Å²) >= 11 is 0. The highest BCUT2D eigenvalue weighted by Gasteiger charge is 2.53. The summed E-state index contributed by atoms with van der Waals surface area (Å²) < 4.78 is 0. The lowest BCUT2D eigenvalue weighted by Gasteiger charge is -1.67. The van der Waals surface area contributed by atoms with Crippen LogP contribution in [-0.4, -0.2) is 15.6 Å². The van der Waals surface area contributed by atoms with E-state index in [0.29, 0.717) is 0 Å². The fourth-order valence-corrected chi connectivity index (χ4v) is 0.0298. The second kappa shape index (κ2) is 0.490. The van der Waals surface area contributed by atoms with Gasteiger partial charge in [-0.3, -0.25) is 0 Å². The van der Waals surface area contributed by atoms with Gasteiger partial charge in [0.1, 0.15) is 9.98 Å². The SMILES string of the molecule is O[N+]1(O)OO1. The van der Waals surface area contributed by atoms with Gasteiger partial charge in [-0.2, -0.15) is 0 Å². The lowest BCUT2D eigenvalue weighted by molar-refractivity contribution is -1.28. The zero-order valence-corrected chi connectivity index (χ0v) is 2.16. The molecule has 0 amide bonds. The minimum atomic E-state index is -1.75. The first-order valence-electron chi connectivity index (χ1n) is 0.932. The van der Waals surface area contributed by atoms with Crippen molar-refractivity contribution in [3.05, 3.63) is 0 Å². The Hall–Kier alpha value is -0.200. The quantitative estimate of drug-likeness (QED) is 0.231. The van der Waals surface area contributed by atoms with Crippen LogP contribution in [0, 0.1) is 0 Å². The second-order valence-corrected chi connectivity index (χ2v) is 0.640. The van der Waals surface area contributed by atoms with E-state index < -0.39 is 5.14 Å². The van der Waals surface area contributed by atoms with Gasteiger partial charge in [-0.25, -0.2) is 0 Å². The van der Waals surface area contributed by atoms with Gasteiger partial charge < -0.3 is 0 Å². The summed E-state index contributed by atoms with van der Waals surface area (Å²) in [5.41, 5.74) is 0. The van der Waals surface area contributed by atoms with Crippen LogP contribution in [-0.2, 0) is 9.98 Å². The fourth-order valence-electron chi connectivity index (χ4n) is 0.0298. The van der Waals surface area contributed by atoms with Gasteiger partial charge in [0.25, 0.3) is 0 Å². The molecule has 0 spiro atoms. The van der Waals surface area contributed by atoms with Crippen LogP contribution in [0.15, 0.2) is 0 Å². The van der Waals surface area contributed by atoms with Crippen LogP contribution in [0.3, 0.4) is 0 Å². The van der Waals surface area contributed by atoms with Crippen LogP contribution in [0.5, 0.6) is 0 Å². The van der Waals surface area contributed by atoms with Gasteiger partial charge in [-0.1, -0.05) is 0 Å². The third kappa shape index (κ3) is 0.534. The molecule has 5 heteroatoms. The molecule has 0 bridgehead atoms. The molecule has 30 valence electrons. The Kier molecular flexibility index (Phi) is 0.295. The summed E-state index contributed by atoms with van der Waals surface area (Å²) in [7, 11) is 0. The van der Waals surface area contributed by atoms with Crippen LogP contribution in [0.2, 0.25) is 0 Å². The number of quaternary nitrogens is 1. The Morgan fingerprint density at radius 1 is 1.20 bits per heavy atom. The zero-order valence-electron chi connectivity index (χ0n) is 2.16. The molecule has 1 aliphatic heterocycles. The fraction of sp³-hybridized carbons (Fsp3) is 0. The van der Waals surface area contributed by atoms with Crippen LogP contribution < -0.4 is 0 Å². The van der Waals surface area contributed by atoms with Gasteiger partial charge in [0.15, 0.2) is 0 Å². The van der Waals surface area contributed by atoms with E-state index in [-0.39, 0.29) is 0 Å². The molecular weight excluding hydrogens is 78.0 g/mol. The minimum absolute atomic E-state index is 1.75. The first-order chi connectivity index (χ1) is 2.21. The molecule has 0 saturated carbocycles. The standard InChI is InChI=1S/H2NO4/c2-1(3)4-5-1/h2-3H/q+1. The number of hydrogen-bond acceptors (Lipinski definition) is 4. The van der Waals surface area contributed by atoms with Crippen molar-refractivity contribution in [2.45, 2.75) is 0 Å². The summed E-state index contributed by atoms with van der Waals surface area (Å²) in [5.74, 6) is 0. The molecule has 5 nitrogen and oxygen atoms in total. The van der Waals surface area contributed by atoms with E-state index in [2.05, 4.69) is 9.98 Å². The predicted octanol–water partition coefficient (Wildman–Crippen LogP) is -0.627. The molecule has 1 rings (SSSR count). The van der Waals surface area contributed by atoms with Crippen molar-refractivity contribution in [1.82, 2.24) is 0 Å². The van der Waals surface area contributed by atoms with Crippen molar-refractivity contribution >= 4 is 0 Å². The molecule has 2 N–H and O–H groups in total. The van der Waals surface area contributed by atoms with Crippen molar-refractivity contribution in [3.63, 3.8) is 0 Å². The van der Waals surface area contributed by atoms with Crippen LogP contribution in [0.4, 0.5) is 0 Å². The van der Waals surface area contributed by atoms with E-state index in [1.54, 1.807) is 0 Å². The monoisotopic (exact) mass is 80.0 g/mol. The van der Waals surface area contributed by atoms with E-state index in [9.17, 15) is 0 Å². The summed E-state index contributed by atoms with van der Waals surface area (Å²) in [6.45, 7) is 0. The molecule has 1 saturated heterocycles. The first-order valence-corrected chi connectivity index (χ1v) is 0.932. The average Bonchev–Trinajstić information content (AvgIpc) is 1.76. The summed E-state index contributed by atoms with van der Waals surface area (Å²) in [6.07, 6.45) is 0. The molecule has 0 unspecified atom stereocenters. The maximum Gasteiger partial charge on any atom is 0.316 e. The molecule has 1 heterocycles. The number of nitrogens with zero attached hydrogens (tertiary/aromatic N) is 1. The Balaban J connectivity index is 2.38. The molecule has 0 atom stereocenters. The molecule has 1 aliphatic rings. The first kappa shape index (κ1) is 3.01. The van der Waals surface area contributed by atoms with Crippen LogP contribution in [0.1, 0.15) is 0 Å². The molecule has 0 aliphatic carbocycles. The van der Waals surface area contributed by atoms with Gasteiger partial charge >= 0.3 is 5.14 Å². The van der Waals surface area contributed by atoms with Crippen molar-refractivity contribution in [2.75, 3.05) is 0 Å². The molecule has 0 aromatic carbocycles. The van der Waals surface area contributed by atoms with E-state index >= 15 is 0 Å². The van der Waals surface area contributed by atoms with E-state index in [0.717, 1.165) is 0 Å². The van der Waals surface area contributed by atoms with Gasteiger partial charge in [0.05, 0.1) is 0 Å². The van der Waals surface area contributed by atoms with Crippen LogP contribution in [0.25, 0.3) is 0 Å². The molecular formula is H2NO4+. The highest BCUT2D eigenvalue weighted by atomic mass is 17.8. The maximum absolute atomic E-state index is 7.68. The molecule has 0 aromatic rings. The second-order valence-electron chi connectivity index (χ2n) is 0.640. The van der Waals surface area contributed by atoms with Crippen molar-refractivity contribution < 1.29 is 25.5 Å². The minimum Gasteiger partial charge on any atom is -0.106 e. The molecule has 5 heavy (non-hydrogen) atoms. The van der Waals surface area contributed by atoms with Gasteiger partial charge in [-0.15, -0.1) is 10.4 Å². The molecule has 0 aromatic heterocycles. The smallest absolute Gasteiger partial charge is 0.106 e. The lowest BCUT2D eigenvalue weighted by Crippen LogP contribution is -2.10. The van der Waals surface area contributed by atoms with Gasteiger partial charge in [0.2, 0.25) is 0 Å². The van der Waals surface area contributed by atoms with Crippen molar-refractivity contribution in [1.29, 1.82) is 0 Å². The summed E-state index contributed by atoms with van der Waals surface area (Å²) in [6, 6.07) is 0. The van der Waals surface area contributed by atoms with Crippen molar-refractivity contribution in [3.8, 4) is 0 Å². The van der Waals surface area contributed by atoms with Crippen molar-refractivity contribution in [2.24, 2.45) is 0 Å². The summed E-state index contributed by atoms with van der Waals surface area (Å²) in [5, 5.41) is 13.6. The van der Waals surface area contributed by atoms with Crippen LogP contribution >= 0.6 is 0 Å². The van der Waals surface area contributed by atoms with Gasteiger partial charge in [0, 0.05) is 0 Å². The highest BCUT2D eigenvalue weighted by Crippen LogP contribution is 2.14. The van der Waals surface area contributed by atoms with Gasteiger partial charge in [-0.05, 0) is 0 Å². The largest absolute Gasteiger partial charge is 0.316 e. The Labute approximate surface area is 26.9 Å². The molecule has 1 fully saturated rings. The lowest BCUT2D eigenvalue weighted by atomic mass is 12.9. The van der Waals surface area contributed by atoms with E-state index in [1.807, 2.05) is 0 Å². The topological polar surface area (TPSA) is 65.5 Å². The Morgan fingerprint density at radius 3 is 1.40 bits per heavy atom. The maximum atomic E-state index is 7.68. The Bertz CT molecular complexity index is 41.6. The zero-order chi connectivity index (χ0) is 3.91. The van der Waals surface area contributed by atoms with E-state index in [4.69, 9.17) is 10.4 Å².